The molecular formula is C12H26N2O5S2. The van der Waals surface area contributed by atoms with Crippen molar-refractivity contribution < 1.29 is 21.6 Å². The second kappa shape index (κ2) is 6.49. The predicted molar refractivity (Wildman–Crippen MR) is 81.9 cm³/mol. The maximum Gasteiger partial charge on any atom is 0.213 e. The van der Waals surface area contributed by atoms with Gasteiger partial charge in [0.2, 0.25) is 20.0 Å². The molecule has 0 heterocycles. The van der Waals surface area contributed by atoms with Crippen molar-refractivity contribution in [3.8, 4) is 0 Å². The lowest BCUT2D eigenvalue weighted by Gasteiger charge is -2.56. The van der Waals surface area contributed by atoms with Gasteiger partial charge in [-0.2, -0.15) is 0 Å². The fraction of sp³-hybridized carbons (Fsp3) is 1.00. The van der Waals surface area contributed by atoms with E-state index in [4.69, 9.17) is 4.74 Å². The Morgan fingerprint density at radius 3 is 2.14 bits per heavy atom. The Hall–Kier alpha value is -0.220. The quantitative estimate of drug-likeness (QED) is 0.642. The predicted octanol–water partition coefficient (Wildman–Crippen LogP) is -0.0954. The van der Waals surface area contributed by atoms with Gasteiger partial charge < -0.3 is 4.74 Å². The van der Waals surface area contributed by atoms with Gasteiger partial charge in [-0.3, -0.25) is 0 Å². The van der Waals surface area contributed by atoms with Crippen LogP contribution in [0.4, 0.5) is 0 Å². The standard InChI is InChI=1S/C12H26N2O5S2/c1-6-20(15,16)13-7-8-21(17,18)14-10-9(2)11(19-5)12(10,3)4/h9-11,13-14H,6-8H2,1-5H3/t9-,10+,11-/m0/s1. The molecule has 1 rings (SSSR count). The molecule has 0 saturated heterocycles. The molecule has 0 aromatic heterocycles. The van der Waals surface area contributed by atoms with Gasteiger partial charge in [0.15, 0.2) is 0 Å². The van der Waals surface area contributed by atoms with Crippen molar-refractivity contribution in [1.82, 2.24) is 9.44 Å². The number of methoxy groups -OCH3 is 1. The van der Waals surface area contributed by atoms with Crippen LogP contribution in [0.5, 0.6) is 0 Å². The molecule has 7 nitrogen and oxygen atoms in total. The molecule has 21 heavy (non-hydrogen) atoms. The molecule has 0 aromatic rings. The topological polar surface area (TPSA) is 102 Å². The second-order valence-corrected chi connectivity index (χ2v) is 10.0. The molecule has 2 N–H and O–H groups in total. The van der Waals surface area contributed by atoms with Gasteiger partial charge in [0.05, 0.1) is 17.6 Å². The fourth-order valence-electron chi connectivity index (χ4n) is 3.05. The van der Waals surface area contributed by atoms with E-state index in [1.165, 1.54) is 6.92 Å². The molecule has 0 amide bonds. The Morgan fingerprint density at radius 2 is 1.71 bits per heavy atom. The maximum absolute atomic E-state index is 12.0. The molecule has 3 atom stereocenters. The summed E-state index contributed by atoms with van der Waals surface area (Å²) in [7, 11) is -5.29. The highest BCUT2D eigenvalue weighted by molar-refractivity contribution is 7.90. The van der Waals surface area contributed by atoms with Crippen LogP contribution in [0.1, 0.15) is 27.7 Å². The van der Waals surface area contributed by atoms with E-state index in [9.17, 15) is 16.8 Å². The lowest BCUT2D eigenvalue weighted by molar-refractivity contribution is -0.138. The molecule has 0 unspecified atom stereocenters. The van der Waals surface area contributed by atoms with Crippen molar-refractivity contribution in [1.29, 1.82) is 0 Å². The molecule has 0 spiro atoms. The number of nitrogens with one attached hydrogen (secondary N) is 2. The Bertz CT molecular complexity index is 556. The van der Waals surface area contributed by atoms with E-state index in [0.29, 0.717) is 0 Å². The first-order valence-corrected chi connectivity index (χ1v) is 10.3. The summed E-state index contributed by atoms with van der Waals surface area (Å²) in [4.78, 5) is 0. The number of rotatable bonds is 8. The Kier molecular flexibility index (Phi) is 5.82. The highest BCUT2D eigenvalue weighted by Crippen LogP contribution is 2.47. The molecule has 9 heteroatoms. The average Bonchev–Trinajstić information content (AvgIpc) is 2.36. The van der Waals surface area contributed by atoms with E-state index < -0.39 is 20.0 Å². The average molecular weight is 342 g/mol. The van der Waals surface area contributed by atoms with Gasteiger partial charge >= 0.3 is 0 Å². The van der Waals surface area contributed by atoms with E-state index in [-0.39, 0.29) is 41.5 Å². The van der Waals surface area contributed by atoms with E-state index in [2.05, 4.69) is 9.44 Å². The molecule has 1 saturated carbocycles. The Morgan fingerprint density at radius 1 is 1.14 bits per heavy atom. The van der Waals surface area contributed by atoms with Crippen LogP contribution in [0.15, 0.2) is 0 Å². The minimum absolute atomic E-state index is 0.00351. The Balaban J connectivity index is 2.58. The summed E-state index contributed by atoms with van der Waals surface area (Å²) < 4.78 is 56.9. The van der Waals surface area contributed by atoms with E-state index in [0.717, 1.165) is 0 Å². The largest absolute Gasteiger partial charge is 0.380 e. The van der Waals surface area contributed by atoms with Crippen LogP contribution in [0.3, 0.4) is 0 Å². The van der Waals surface area contributed by atoms with Crippen molar-refractivity contribution in [3.63, 3.8) is 0 Å². The van der Waals surface area contributed by atoms with Crippen LogP contribution in [0.25, 0.3) is 0 Å². The number of hydrogen-bond donors (Lipinski definition) is 2. The lowest BCUT2D eigenvalue weighted by atomic mass is 9.58. The summed E-state index contributed by atoms with van der Waals surface area (Å²) in [6.45, 7) is 7.22. The van der Waals surface area contributed by atoms with Crippen molar-refractivity contribution in [3.05, 3.63) is 0 Å². The first-order valence-electron chi connectivity index (χ1n) is 6.97. The highest BCUT2D eigenvalue weighted by atomic mass is 32.2. The summed E-state index contributed by atoms with van der Waals surface area (Å²) in [5.41, 5.74) is -0.288. The fourth-order valence-corrected chi connectivity index (χ4v) is 5.19. The van der Waals surface area contributed by atoms with Gasteiger partial charge in [-0.1, -0.05) is 20.8 Å². The molecule has 126 valence electrons. The SMILES string of the molecule is CCS(=O)(=O)NCCS(=O)(=O)N[C@@H]1[C@H](C)[C@H](OC)C1(C)C. The van der Waals surface area contributed by atoms with Gasteiger partial charge in [-0.25, -0.2) is 26.3 Å². The van der Waals surface area contributed by atoms with E-state index in [1.807, 2.05) is 20.8 Å². The highest BCUT2D eigenvalue weighted by Gasteiger charge is 2.55. The van der Waals surface area contributed by atoms with Crippen molar-refractivity contribution in [2.45, 2.75) is 39.8 Å². The van der Waals surface area contributed by atoms with Gasteiger partial charge in [0.1, 0.15) is 0 Å². The minimum Gasteiger partial charge on any atom is -0.380 e. The zero-order valence-electron chi connectivity index (χ0n) is 13.2. The van der Waals surface area contributed by atoms with Crippen LogP contribution < -0.4 is 9.44 Å². The van der Waals surface area contributed by atoms with Crippen LogP contribution in [-0.4, -0.2) is 54.1 Å². The third-order valence-corrected chi connectivity index (χ3v) is 6.93. The third kappa shape index (κ3) is 4.38. The van der Waals surface area contributed by atoms with Crippen molar-refractivity contribution in [2.75, 3.05) is 25.2 Å². The summed E-state index contributed by atoms with van der Waals surface area (Å²) >= 11 is 0. The monoisotopic (exact) mass is 342 g/mol. The van der Waals surface area contributed by atoms with Gasteiger partial charge in [-0.15, -0.1) is 0 Å². The third-order valence-electron chi connectivity index (χ3n) is 4.17. The minimum atomic E-state index is -3.54. The lowest BCUT2D eigenvalue weighted by Crippen LogP contribution is -2.68. The van der Waals surface area contributed by atoms with Gasteiger partial charge in [0.25, 0.3) is 0 Å². The number of hydrogen-bond acceptors (Lipinski definition) is 5. The molecular weight excluding hydrogens is 316 g/mol. The molecule has 0 radical (unpaired) electrons. The molecule has 1 aliphatic rings. The van der Waals surface area contributed by atoms with E-state index >= 15 is 0 Å². The van der Waals surface area contributed by atoms with E-state index in [1.54, 1.807) is 7.11 Å². The van der Waals surface area contributed by atoms with Crippen molar-refractivity contribution >= 4 is 20.0 Å². The Labute approximate surface area is 127 Å². The van der Waals surface area contributed by atoms with Crippen molar-refractivity contribution in [2.24, 2.45) is 11.3 Å². The molecule has 0 bridgehead atoms. The van der Waals surface area contributed by atoms with Crippen LogP contribution >= 0.6 is 0 Å². The second-order valence-electron chi connectivity index (χ2n) is 6.05. The zero-order chi connectivity index (χ0) is 16.5. The van der Waals surface area contributed by atoms with Crippen LogP contribution in [0, 0.1) is 11.3 Å². The molecule has 1 fully saturated rings. The first-order chi connectivity index (χ1) is 9.47. The molecule has 0 aromatic carbocycles. The molecule has 1 aliphatic carbocycles. The van der Waals surface area contributed by atoms with Crippen LogP contribution in [0.2, 0.25) is 0 Å². The zero-order valence-corrected chi connectivity index (χ0v) is 14.8. The summed E-state index contributed by atoms with van der Waals surface area (Å²) in [5, 5.41) is 0. The van der Waals surface area contributed by atoms with Crippen LogP contribution in [-0.2, 0) is 24.8 Å². The smallest absolute Gasteiger partial charge is 0.213 e. The summed E-state index contributed by atoms with van der Waals surface area (Å²) in [6.07, 6.45) is 0.00351. The number of ether oxygens (including phenoxy) is 1. The molecule has 0 aliphatic heterocycles. The summed E-state index contributed by atoms with van der Waals surface area (Å²) in [5.74, 6) is -0.265. The van der Waals surface area contributed by atoms with Gasteiger partial charge in [-0.05, 0) is 12.8 Å². The maximum atomic E-state index is 12.0. The normalized spacial score (nSPS) is 29.1. The number of sulfonamides is 2. The first kappa shape index (κ1) is 18.8. The van der Waals surface area contributed by atoms with Gasteiger partial charge in [0, 0.05) is 25.1 Å². The summed E-state index contributed by atoms with van der Waals surface area (Å²) in [6, 6.07) is -0.213.